The molecule has 0 radical (unpaired) electrons. The van der Waals surface area contributed by atoms with Crippen molar-refractivity contribution in [2.45, 2.75) is 66.0 Å². The molecule has 0 bridgehead atoms. The monoisotopic (exact) mass is 197 g/mol. The predicted molar refractivity (Wildman–Crippen MR) is 63.4 cm³/mol. The minimum Gasteiger partial charge on any atom is -0.311 e. The van der Waals surface area contributed by atoms with E-state index in [2.05, 4.69) is 39.9 Å². The van der Waals surface area contributed by atoms with Crippen molar-refractivity contribution in [1.82, 2.24) is 5.32 Å². The lowest BCUT2D eigenvalue weighted by atomic mass is 9.74. The molecule has 1 N–H and O–H groups in total. The number of rotatable bonds is 3. The molecule has 0 aliphatic heterocycles. The highest BCUT2D eigenvalue weighted by atomic mass is 14.9. The Morgan fingerprint density at radius 2 is 1.71 bits per heavy atom. The van der Waals surface area contributed by atoms with Crippen LogP contribution < -0.4 is 5.32 Å². The molecular weight excluding hydrogens is 170 g/mol. The number of hydrogen-bond acceptors (Lipinski definition) is 1. The van der Waals surface area contributed by atoms with Crippen LogP contribution in [0.4, 0.5) is 0 Å². The molecule has 0 heterocycles. The predicted octanol–water partition coefficient (Wildman–Crippen LogP) is 3.45. The first kappa shape index (κ1) is 12.0. The van der Waals surface area contributed by atoms with Crippen LogP contribution in [0.3, 0.4) is 0 Å². The third kappa shape index (κ3) is 3.27. The summed E-state index contributed by atoms with van der Waals surface area (Å²) in [5.41, 5.74) is 0. The summed E-state index contributed by atoms with van der Waals surface area (Å²) in [5.74, 6) is 2.65. The molecule has 14 heavy (non-hydrogen) atoms. The Bertz CT molecular complexity index is 161. The highest BCUT2D eigenvalue weighted by Crippen LogP contribution is 2.33. The van der Waals surface area contributed by atoms with Gasteiger partial charge < -0.3 is 5.32 Å². The van der Waals surface area contributed by atoms with Crippen molar-refractivity contribution in [1.29, 1.82) is 0 Å². The molecule has 1 aliphatic carbocycles. The SMILES string of the molecule is CC(C)N[C@H]1C[C@H](C)CC[C@@H]1C(C)C. The van der Waals surface area contributed by atoms with Gasteiger partial charge in [0.2, 0.25) is 0 Å². The quantitative estimate of drug-likeness (QED) is 0.731. The zero-order valence-electron chi connectivity index (χ0n) is 10.5. The van der Waals surface area contributed by atoms with Gasteiger partial charge in [-0.05, 0) is 30.6 Å². The Balaban J connectivity index is 2.54. The second-order valence-electron chi connectivity index (χ2n) is 5.75. The largest absolute Gasteiger partial charge is 0.311 e. The van der Waals surface area contributed by atoms with Gasteiger partial charge in [0, 0.05) is 12.1 Å². The van der Waals surface area contributed by atoms with E-state index in [4.69, 9.17) is 0 Å². The van der Waals surface area contributed by atoms with Crippen molar-refractivity contribution in [3.05, 3.63) is 0 Å². The third-order valence-electron chi connectivity index (χ3n) is 3.57. The molecule has 3 atom stereocenters. The Hall–Kier alpha value is -0.0400. The first-order chi connectivity index (χ1) is 6.50. The number of nitrogens with one attached hydrogen (secondary N) is 1. The van der Waals surface area contributed by atoms with Gasteiger partial charge in [-0.3, -0.25) is 0 Å². The number of hydrogen-bond donors (Lipinski definition) is 1. The van der Waals surface area contributed by atoms with Crippen LogP contribution in [0.25, 0.3) is 0 Å². The zero-order chi connectivity index (χ0) is 10.7. The molecule has 0 aromatic rings. The van der Waals surface area contributed by atoms with Crippen molar-refractivity contribution >= 4 is 0 Å². The molecule has 0 spiro atoms. The summed E-state index contributed by atoms with van der Waals surface area (Å²) < 4.78 is 0. The lowest BCUT2D eigenvalue weighted by Gasteiger charge is -2.39. The summed E-state index contributed by atoms with van der Waals surface area (Å²) in [7, 11) is 0. The van der Waals surface area contributed by atoms with Gasteiger partial charge in [-0.15, -0.1) is 0 Å². The van der Waals surface area contributed by atoms with Crippen LogP contribution in [0.1, 0.15) is 53.9 Å². The Morgan fingerprint density at radius 1 is 1.07 bits per heavy atom. The summed E-state index contributed by atoms with van der Waals surface area (Å²) in [4.78, 5) is 0. The van der Waals surface area contributed by atoms with Crippen molar-refractivity contribution in [3.8, 4) is 0 Å². The molecule has 1 fully saturated rings. The van der Waals surface area contributed by atoms with E-state index in [1.165, 1.54) is 19.3 Å². The molecule has 0 aromatic carbocycles. The molecular formula is C13H27N. The van der Waals surface area contributed by atoms with Gasteiger partial charge >= 0.3 is 0 Å². The maximum Gasteiger partial charge on any atom is 0.0103 e. The Kier molecular flexibility index (Phi) is 4.43. The molecule has 1 rings (SSSR count). The van der Waals surface area contributed by atoms with Gasteiger partial charge in [0.25, 0.3) is 0 Å². The van der Waals surface area contributed by atoms with Crippen molar-refractivity contribution in [2.75, 3.05) is 0 Å². The van der Waals surface area contributed by atoms with E-state index >= 15 is 0 Å². The molecule has 1 nitrogen and oxygen atoms in total. The van der Waals surface area contributed by atoms with Gasteiger partial charge in [0.1, 0.15) is 0 Å². The maximum atomic E-state index is 3.74. The van der Waals surface area contributed by atoms with E-state index in [1.807, 2.05) is 0 Å². The highest BCUT2D eigenvalue weighted by Gasteiger charge is 2.30. The Morgan fingerprint density at radius 3 is 2.21 bits per heavy atom. The van der Waals surface area contributed by atoms with Crippen LogP contribution in [-0.2, 0) is 0 Å². The molecule has 84 valence electrons. The van der Waals surface area contributed by atoms with E-state index in [0.29, 0.717) is 6.04 Å². The van der Waals surface area contributed by atoms with Crippen molar-refractivity contribution < 1.29 is 0 Å². The van der Waals surface area contributed by atoms with Gasteiger partial charge in [-0.1, -0.05) is 41.0 Å². The summed E-state index contributed by atoms with van der Waals surface area (Å²) >= 11 is 0. The normalized spacial score (nSPS) is 34.1. The lowest BCUT2D eigenvalue weighted by molar-refractivity contribution is 0.163. The topological polar surface area (TPSA) is 12.0 Å². The van der Waals surface area contributed by atoms with Gasteiger partial charge in [0.15, 0.2) is 0 Å². The van der Waals surface area contributed by atoms with E-state index in [1.54, 1.807) is 0 Å². The zero-order valence-corrected chi connectivity index (χ0v) is 10.5. The van der Waals surface area contributed by atoms with Crippen LogP contribution in [0.5, 0.6) is 0 Å². The van der Waals surface area contributed by atoms with Gasteiger partial charge in [0.05, 0.1) is 0 Å². The Labute approximate surface area is 89.7 Å². The third-order valence-corrected chi connectivity index (χ3v) is 3.57. The summed E-state index contributed by atoms with van der Waals surface area (Å²) in [6.07, 6.45) is 4.23. The minimum absolute atomic E-state index is 0.631. The van der Waals surface area contributed by atoms with Crippen molar-refractivity contribution in [3.63, 3.8) is 0 Å². The molecule has 1 saturated carbocycles. The van der Waals surface area contributed by atoms with Crippen LogP contribution in [0.15, 0.2) is 0 Å². The summed E-state index contributed by atoms with van der Waals surface area (Å²) in [6, 6.07) is 1.39. The lowest BCUT2D eigenvalue weighted by Crippen LogP contribution is -2.45. The summed E-state index contributed by atoms with van der Waals surface area (Å²) in [5, 5.41) is 3.74. The fourth-order valence-corrected chi connectivity index (χ4v) is 2.82. The molecule has 1 heteroatoms. The van der Waals surface area contributed by atoms with Gasteiger partial charge in [-0.2, -0.15) is 0 Å². The van der Waals surface area contributed by atoms with Crippen LogP contribution in [0.2, 0.25) is 0 Å². The van der Waals surface area contributed by atoms with Gasteiger partial charge in [-0.25, -0.2) is 0 Å². The molecule has 0 amide bonds. The maximum absolute atomic E-state index is 3.74. The highest BCUT2D eigenvalue weighted by molar-refractivity contribution is 4.86. The van der Waals surface area contributed by atoms with Crippen molar-refractivity contribution in [2.24, 2.45) is 17.8 Å². The molecule has 0 saturated heterocycles. The average molecular weight is 197 g/mol. The second kappa shape index (κ2) is 5.16. The fourth-order valence-electron chi connectivity index (χ4n) is 2.82. The van der Waals surface area contributed by atoms with E-state index in [0.717, 1.165) is 23.8 Å². The van der Waals surface area contributed by atoms with E-state index in [-0.39, 0.29) is 0 Å². The standard InChI is InChI=1S/C13H27N/c1-9(2)12-7-6-11(5)8-13(12)14-10(3)4/h9-14H,6-8H2,1-5H3/t11-,12-,13+/m1/s1. The first-order valence-electron chi connectivity index (χ1n) is 6.26. The smallest absolute Gasteiger partial charge is 0.0103 e. The van der Waals surface area contributed by atoms with Crippen LogP contribution >= 0.6 is 0 Å². The second-order valence-corrected chi connectivity index (χ2v) is 5.75. The molecule has 0 unspecified atom stereocenters. The van der Waals surface area contributed by atoms with Crippen LogP contribution in [-0.4, -0.2) is 12.1 Å². The molecule has 0 aromatic heterocycles. The fraction of sp³-hybridized carbons (Fsp3) is 1.00. The average Bonchev–Trinajstić information content (AvgIpc) is 2.01. The van der Waals surface area contributed by atoms with E-state index < -0.39 is 0 Å². The summed E-state index contributed by atoms with van der Waals surface area (Å²) in [6.45, 7) is 11.7. The molecule has 1 aliphatic rings. The van der Waals surface area contributed by atoms with Crippen LogP contribution in [0, 0.1) is 17.8 Å². The first-order valence-corrected chi connectivity index (χ1v) is 6.26. The van der Waals surface area contributed by atoms with E-state index in [9.17, 15) is 0 Å². The minimum atomic E-state index is 0.631.